The summed E-state index contributed by atoms with van der Waals surface area (Å²) >= 11 is 0. The quantitative estimate of drug-likeness (QED) is 0.282. The lowest BCUT2D eigenvalue weighted by Gasteiger charge is -1.93. The van der Waals surface area contributed by atoms with Crippen molar-refractivity contribution < 1.29 is 13.3 Å². The van der Waals surface area contributed by atoms with E-state index in [2.05, 4.69) is 43.3 Å². The van der Waals surface area contributed by atoms with Crippen molar-refractivity contribution in [2.75, 3.05) is 5.73 Å². The highest BCUT2D eigenvalue weighted by Crippen LogP contribution is 2.40. The fraction of sp³-hybridized carbons (Fsp3) is 0.0400. The maximum atomic E-state index is 6.20. The van der Waals surface area contributed by atoms with Crippen molar-refractivity contribution in [1.82, 2.24) is 0 Å². The first kappa shape index (κ1) is 15.1. The van der Waals surface area contributed by atoms with E-state index in [1.165, 1.54) is 5.56 Å². The molecular formula is C25H15NO3. The third-order valence-corrected chi connectivity index (χ3v) is 5.84. The zero-order valence-electron chi connectivity index (χ0n) is 15.6. The lowest BCUT2D eigenvalue weighted by molar-refractivity contribution is 0.655. The lowest BCUT2D eigenvalue weighted by Crippen LogP contribution is -1.81. The molecule has 7 rings (SSSR count). The van der Waals surface area contributed by atoms with E-state index >= 15 is 0 Å². The number of aryl methyl sites for hydroxylation is 1. The van der Waals surface area contributed by atoms with Gasteiger partial charge in [-0.15, -0.1) is 0 Å². The van der Waals surface area contributed by atoms with Crippen LogP contribution in [0, 0.1) is 6.92 Å². The van der Waals surface area contributed by atoms with Crippen LogP contribution < -0.4 is 5.73 Å². The van der Waals surface area contributed by atoms with Crippen molar-refractivity contribution in [2.24, 2.45) is 0 Å². The summed E-state index contributed by atoms with van der Waals surface area (Å²) in [6, 6.07) is 20.3. The summed E-state index contributed by atoms with van der Waals surface area (Å²) in [5, 5.41) is 6.35. The summed E-state index contributed by atoms with van der Waals surface area (Å²) in [4.78, 5) is 0. The molecule has 2 N–H and O–H groups in total. The van der Waals surface area contributed by atoms with Gasteiger partial charge in [0, 0.05) is 50.1 Å². The number of hydrogen-bond donors (Lipinski definition) is 1. The highest BCUT2D eigenvalue weighted by atomic mass is 16.3. The van der Waals surface area contributed by atoms with Gasteiger partial charge in [0.1, 0.15) is 33.5 Å². The molecule has 0 unspecified atom stereocenters. The fourth-order valence-electron chi connectivity index (χ4n) is 4.44. The fourth-order valence-corrected chi connectivity index (χ4v) is 4.44. The molecule has 0 bridgehead atoms. The molecule has 4 aromatic carbocycles. The molecule has 4 heteroatoms. The first-order valence-corrected chi connectivity index (χ1v) is 9.55. The van der Waals surface area contributed by atoms with E-state index in [1.807, 2.05) is 24.3 Å². The Morgan fingerprint density at radius 1 is 0.483 bits per heavy atom. The van der Waals surface area contributed by atoms with Gasteiger partial charge in [-0.05, 0) is 48.9 Å². The summed E-state index contributed by atoms with van der Waals surface area (Å²) in [5.74, 6) is 0. The third-order valence-electron chi connectivity index (χ3n) is 5.84. The Kier molecular flexibility index (Phi) is 2.55. The second-order valence-corrected chi connectivity index (χ2v) is 7.75. The molecule has 0 aliphatic carbocycles. The van der Waals surface area contributed by atoms with E-state index in [-0.39, 0.29) is 0 Å². The molecule has 0 radical (unpaired) electrons. The number of anilines is 1. The van der Waals surface area contributed by atoms with Crippen molar-refractivity contribution in [2.45, 2.75) is 6.92 Å². The van der Waals surface area contributed by atoms with Crippen molar-refractivity contribution >= 4 is 71.5 Å². The molecule has 29 heavy (non-hydrogen) atoms. The molecule has 0 fully saturated rings. The maximum Gasteiger partial charge on any atom is 0.139 e. The first-order valence-electron chi connectivity index (χ1n) is 9.55. The van der Waals surface area contributed by atoms with Gasteiger partial charge in [-0.25, -0.2) is 0 Å². The maximum absolute atomic E-state index is 6.20. The smallest absolute Gasteiger partial charge is 0.139 e. The number of rotatable bonds is 0. The Labute approximate surface area is 164 Å². The number of nitrogens with two attached hydrogens (primary N) is 1. The standard InChI is InChI=1S/C25H15NO3/c1-12-2-4-14-16-8-17-19-10-22-18(15-5-3-13(26)7-21(15)28-22)9-23(19)29-25(17)11-24(16)27-20(14)6-12/h2-11H,26H2,1H3. The SMILES string of the molecule is Cc1ccc2c(c1)oc1cc3oc4cc5c(cc4c3cc12)oc1cc(N)ccc15. The minimum Gasteiger partial charge on any atom is -0.456 e. The molecule has 0 saturated carbocycles. The molecule has 0 saturated heterocycles. The van der Waals surface area contributed by atoms with Gasteiger partial charge in [-0.1, -0.05) is 12.1 Å². The highest BCUT2D eigenvalue weighted by Gasteiger charge is 2.16. The zero-order chi connectivity index (χ0) is 19.3. The first-order chi connectivity index (χ1) is 14.1. The lowest BCUT2D eigenvalue weighted by atomic mass is 10.1. The Bertz CT molecular complexity index is 1780. The average molecular weight is 377 g/mol. The Balaban J connectivity index is 1.60. The zero-order valence-corrected chi connectivity index (χ0v) is 15.6. The Hall–Kier alpha value is -3.92. The van der Waals surface area contributed by atoms with Gasteiger partial charge in [0.25, 0.3) is 0 Å². The van der Waals surface area contributed by atoms with Gasteiger partial charge < -0.3 is 19.0 Å². The van der Waals surface area contributed by atoms with Gasteiger partial charge in [-0.3, -0.25) is 0 Å². The highest BCUT2D eigenvalue weighted by molar-refractivity contribution is 6.18. The van der Waals surface area contributed by atoms with Crippen LogP contribution in [0.1, 0.15) is 5.56 Å². The van der Waals surface area contributed by atoms with Crippen LogP contribution in [-0.2, 0) is 0 Å². The van der Waals surface area contributed by atoms with E-state index < -0.39 is 0 Å². The summed E-state index contributed by atoms with van der Waals surface area (Å²) in [6.45, 7) is 2.07. The summed E-state index contributed by atoms with van der Waals surface area (Å²) in [5.41, 5.74) is 12.8. The molecular weight excluding hydrogens is 362 g/mol. The summed E-state index contributed by atoms with van der Waals surface area (Å²) in [7, 11) is 0. The van der Waals surface area contributed by atoms with Crippen LogP contribution in [0.15, 0.2) is 73.9 Å². The number of hydrogen-bond acceptors (Lipinski definition) is 4. The minimum atomic E-state index is 0.690. The van der Waals surface area contributed by atoms with Gasteiger partial charge in [0.05, 0.1) is 0 Å². The average Bonchev–Trinajstić information content (AvgIpc) is 3.33. The minimum absolute atomic E-state index is 0.690. The van der Waals surface area contributed by atoms with Crippen LogP contribution in [0.25, 0.3) is 65.8 Å². The largest absolute Gasteiger partial charge is 0.456 e. The van der Waals surface area contributed by atoms with E-state index in [9.17, 15) is 0 Å². The van der Waals surface area contributed by atoms with E-state index in [1.54, 1.807) is 0 Å². The molecule has 0 atom stereocenters. The molecule has 3 aromatic heterocycles. The van der Waals surface area contributed by atoms with Gasteiger partial charge in [0.15, 0.2) is 0 Å². The van der Waals surface area contributed by atoms with Crippen LogP contribution in [0.4, 0.5) is 5.69 Å². The number of nitrogen functional groups attached to an aromatic ring is 1. The summed E-state index contributed by atoms with van der Waals surface area (Å²) < 4.78 is 18.4. The van der Waals surface area contributed by atoms with Crippen molar-refractivity contribution in [3.05, 3.63) is 66.2 Å². The van der Waals surface area contributed by atoms with Gasteiger partial charge in [-0.2, -0.15) is 0 Å². The molecule has 0 aliphatic rings. The monoisotopic (exact) mass is 377 g/mol. The van der Waals surface area contributed by atoms with Crippen molar-refractivity contribution in [3.63, 3.8) is 0 Å². The second kappa shape index (κ2) is 4.92. The molecule has 0 spiro atoms. The summed E-state index contributed by atoms with van der Waals surface area (Å²) in [6.07, 6.45) is 0. The van der Waals surface area contributed by atoms with Gasteiger partial charge in [0.2, 0.25) is 0 Å². The normalized spacial score (nSPS) is 12.4. The van der Waals surface area contributed by atoms with Crippen molar-refractivity contribution in [3.8, 4) is 0 Å². The molecule has 138 valence electrons. The third kappa shape index (κ3) is 1.93. The van der Waals surface area contributed by atoms with E-state index in [0.717, 1.165) is 65.8 Å². The predicted molar refractivity (Wildman–Crippen MR) is 117 cm³/mol. The van der Waals surface area contributed by atoms with Crippen LogP contribution in [0.5, 0.6) is 0 Å². The van der Waals surface area contributed by atoms with Gasteiger partial charge >= 0.3 is 0 Å². The molecule has 3 heterocycles. The number of furan rings is 3. The van der Waals surface area contributed by atoms with Crippen LogP contribution >= 0.6 is 0 Å². The molecule has 7 aromatic rings. The van der Waals surface area contributed by atoms with E-state index in [4.69, 9.17) is 19.0 Å². The number of fused-ring (bicyclic) bond motifs is 9. The topological polar surface area (TPSA) is 65.4 Å². The number of benzene rings is 4. The van der Waals surface area contributed by atoms with Crippen molar-refractivity contribution in [1.29, 1.82) is 0 Å². The van der Waals surface area contributed by atoms with Crippen LogP contribution in [-0.4, -0.2) is 0 Å². The molecule has 0 aliphatic heterocycles. The Morgan fingerprint density at radius 2 is 0.966 bits per heavy atom. The second-order valence-electron chi connectivity index (χ2n) is 7.75. The molecule has 4 nitrogen and oxygen atoms in total. The van der Waals surface area contributed by atoms with Crippen LogP contribution in [0.2, 0.25) is 0 Å². The molecule has 0 amide bonds. The Morgan fingerprint density at radius 3 is 1.69 bits per heavy atom. The van der Waals surface area contributed by atoms with Crippen LogP contribution in [0.3, 0.4) is 0 Å². The predicted octanol–water partition coefficient (Wildman–Crippen LogP) is 7.28. The van der Waals surface area contributed by atoms with E-state index in [0.29, 0.717) is 5.69 Å².